The van der Waals surface area contributed by atoms with E-state index in [1.54, 1.807) is 0 Å². The molecule has 4 atom stereocenters. The van der Waals surface area contributed by atoms with E-state index in [-0.39, 0.29) is 47.5 Å². The summed E-state index contributed by atoms with van der Waals surface area (Å²) in [6.45, 7) is 24.9. The molecule has 0 saturated carbocycles. The van der Waals surface area contributed by atoms with Crippen LogP contribution in [-0.4, -0.2) is 170 Å². The van der Waals surface area contributed by atoms with Gasteiger partial charge in [0.05, 0.1) is 23.7 Å². The lowest BCUT2D eigenvalue weighted by atomic mass is 9.96. The number of carbonyl (C=O) groups excluding carboxylic acids is 4. The molecule has 0 bridgehead atoms. The van der Waals surface area contributed by atoms with Gasteiger partial charge in [-0.15, -0.1) is 0 Å². The summed E-state index contributed by atoms with van der Waals surface area (Å²) in [7, 11) is 17.6. The topological polar surface area (TPSA) is 115 Å². The third kappa shape index (κ3) is 57.6. The van der Waals surface area contributed by atoms with Gasteiger partial charge in [-0.1, -0.05) is 244 Å². The predicted octanol–water partition coefficient (Wildman–Crippen LogP) is 21.1. The van der Waals surface area contributed by atoms with Gasteiger partial charge < -0.3 is 23.8 Å². The van der Waals surface area contributed by atoms with E-state index in [4.69, 9.17) is 18.9 Å². The molecule has 0 heterocycles. The average Bonchev–Trinajstić information content (AvgIpc) is 3.36. The van der Waals surface area contributed by atoms with E-state index < -0.39 is 0 Å². The fourth-order valence-electron chi connectivity index (χ4n) is 10.6. The van der Waals surface area contributed by atoms with Crippen LogP contribution in [0.25, 0.3) is 0 Å². The summed E-state index contributed by atoms with van der Waals surface area (Å²) in [4.78, 5) is 62.1. The van der Waals surface area contributed by atoms with Gasteiger partial charge in [0.2, 0.25) is 0 Å². The Labute approximate surface area is 587 Å². The van der Waals surface area contributed by atoms with Crippen LogP contribution in [0.5, 0.6) is 0 Å². The smallest absolute Gasteiger partial charge is 0.308 e. The molecule has 0 N–H and O–H groups in total. The number of hydrogen-bond donors (Lipinski definition) is 0. The van der Waals surface area contributed by atoms with E-state index in [9.17, 15) is 19.2 Å². The molecule has 0 amide bonds. The van der Waals surface area contributed by atoms with E-state index in [2.05, 4.69) is 77.1 Å². The molecule has 0 aromatic heterocycles. The molecule has 0 spiro atoms. The molecular weight excluding hydrogens is 1280 g/mol. The van der Waals surface area contributed by atoms with Crippen molar-refractivity contribution in [1.82, 2.24) is 14.7 Å². The summed E-state index contributed by atoms with van der Waals surface area (Å²) in [5.74, 6) is 8.41. The SMILES string of the molecule is CCCCCCC(CCCSSCCC)C(=O)OCCN(CCCN(C)CCCN(CCOC(=O)C(CCCCCC)CCCSSCCC)CCOC(=O)C(CCCCCC)CCCSSCCC)CCOC(=O)C(CCCCCC)CCCSSCCC. The molecule has 0 aromatic carbocycles. The minimum atomic E-state index is -0.0627. The molecule has 4 unspecified atom stereocenters. The fraction of sp³-hybridized carbons (Fsp3) is 0.944. The maximum Gasteiger partial charge on any atom is 0.308 e. The molecular formula is C71H139N3O8S8. The Morgan fingerprint density at radius 2 is 0.478 bits per heavy atom. The number of ether oxygens (including phenoxy) is 4. The summed E-state index contributed by atoms with van der Waals surface area (Å²) in [5.41, 5.74) is 0. The molecule has 0 aliphatic carbocycles. The third-order valence-electron chi connectivity index (χ3n) is 16.2. The quantitative estimate of drug-likeness (QED) is 0.0249. The van der Waals surface area contributed by atoms with Crippen LogP contribution in [0.15, 0.2) is 0 Å². The van der Waals surface area contributed by atoms with Crippen LogP contribution in [0.1, 0.15) is 274 Å². The van der Waals surface area contributed by atoms with Crippen LogP contribution in [0.3, 0.4) is 0 Å². The van der Waals surface area contributed by atoms with Crippen molar-refractivity contribution in [2.75, 3.05) is 132 Å². The lowest BCUT2D eigenvalue weighted by Gasteiger charge is -2.26. The number of esters is 4. The lowest BCUT2D eigenvalue weighted by molar-refractivity contribution is -0.151. The minimum Gasteiger partial charge on any atom is -0.464 e. The molecule has 0 rings (SSSR count). The summed E-state index contributed by atoms with van der Waals surface area (Å²) in [5, 5.41) is 0. The summed E-state index contributed by atoms with van der Waals surface area (Å²) >= 11 is 0. The maximum absolute atomic E-state index is 13.8. The summed E-state index contributed by atoms with van der Waals surface area (Å²) < 4.78 is 24.5. The number of nitrogens with zero attached hydrogens (tertiary/aromatic N) is 3. The van der Waals surface area contributed by atoms with E-state index in [1.165, 1.54) is 77.0 Å². The van der Waals surface area contributed by atoms with E-state index in [0.29, 0.717) is 52.6 Å². The molecule has 534 valence electrons. The van der Waals surface area contributed by atoms with Crippen LogP contribution < -0.4 is 0 Å². The first-order chi connectivity index (χ1) is 44.0. The molecule has 0 radical (unpaired) electrons. The average molecular weight is 1420 g/mol. The Morgan fingerprint density at radius 3 is 0.700 bits per heavy atom. The van der Waals surface area contributed by atoms with Crippen molar-refractivity contribution in [3.63, 3.8) is 0 Å². The van der Waals surface area contributed by atoms with Crippen molar-refractivity contribution < 1.29 is 38.1 Å². The molecule has 90 heavy (non-hydrogen) atoms. The highest BCUT2D eigenvalue weighted by atomic mass is 33.1. The molecule has 0 saturated heterocycles. The van der Waals surface area contributed by atoms with Gasteiger partial charge in [-0.2, -0.15) is 0 Å². The van der Waals surface area contributed by atoms with Crippen molar-refractivity contribution in [2.45, 2.75) is 274 Å². The summed E-state index contributed by atoms with van der Waals surface area (Å²) in [6.07, 6.45) is 36.1. The molecule has 0 aliphatic heterocycles. The zero-order chi connectivity index (χ0) is 66.0. The zero-order valence-electron chi connectivity index (χ0n) is 59.4. The Balaban J connectivity index is 6.18. The zero-order valence-corrected chi connectivity index (χ0v) is 65.9. The Morgan fingerprint density at radius 1 is 0.256 bits per heavy atom. The third-order valence-corrected chi connectivity index (χ3v) is 27.0. The first-order valence-electron chi connectivity index (χ1n) is 36.8. The van der Waals surface area contributed by atoms with E-state index >= 15 is 0 Å². The van der Waals surface area contributed by atoms with Gasteiger partial charge in [0.25, 0.3) is 0 Å². The first-order valence-corrected chi connectivity index (χ1v) is 46.8. The van der Waals surface area contributed by atoms with Crippen molar-refractivity contribution >= 4 is 110 Å². The molecule has 0 aromatic rings. The number of rotatable bonds is 72. The standard InChI is InChI=1S/C71H139N3O8S8/c1-10-18-22-26-36-64(40-30-60-87-83-56-14-5)68(75)79-52-48-73(49-53-80-69(76)65(37-27-23-19-11-2)41-31-61-88-84-57-15-6)46-34-44-72(9)45-35-47-74(50-54-81-70(77)66(38-28-24-20-12-3)42-32-62-89-85-58-16-7)51-55-82-71(78)67(39-29-25-21-13-4)43-33-63-90-86-59-17-8/h64-67H,10-63H2,1-9H3. The van der Waals surface area contributed by atoms with Crippen LogP contribution in [-0.2, 0) is 38.1 Å². The van der Waals surface area contributed by atoms with Gasteiger partial charge in [0.1, 0.15) is 26.4 Å². The second kappa shape index (κ2) is 70.9. The second-order valence-corrected chi connectivity index (χ2v) is 35.5. The van der Waals surface area contributed by atoms with Gasteiger partial charge in [0, 0.05) is 72.2 Å². The number of unbranched alkanes of at least 4 members (excludes halogenated alkanes) is 12. The monoisotopic (exact) mass is 1420 g/mol. The van der Waals surface area contributed by atoms with Crippen LogP contribution in [0.4, 0.5) is 0 Å². The highest BCUT2D eigenvalue weighted by Gasteiger charge is 2.25. The van der Waals surface area contributed by atoms with Crippen LogP contribution in [0, 0.1) is 23.7 Å². The Kier molecular flexibility index (Phi) is 71.3. The maximum atomic E-state index is 13.8. The van der Waals surface area contributed by atoms with E-state index in [1.807, 2.05) is 86.4 Å². The molecule has 0 aliphatic rings. The predicted molar refractivity (Wildman–Crippen MR) is 410 cm³/mol. The lowest BCUT2D eigenvalue weighted by Crippen LogP contribution is -2.36. The van der Waals surface area contributed by atoms with E-state index in [0.717, 1.165) is 213 Å². The Hall–Kier alpha value is 0.560. The normalized spacial score (nSPS) is 13.1. The van der Waals surface area contributed by atoms with Gasteiger partial charge in [-0.3, -0.25) is 29.0 Å². The van der Waals surface area contributed by atoms with Crippen molar-refractivity contribution in [3.8, 4) is 0 Å². The Bertz CT molecular complexity index is 1380. The summed E-state index contributed by atoms with van der Waals surface area (Å²) in [6, 6.07) is 0. The van der Waals surface area contributed by atoms with Gasteiger partial charge in [0.15, 0.2) is 0 Å². The highest BCUT2D eigenvalue weighted by Crippen LogP contribution is 2.30. The number of hydrogen-bond acceptors (Lipinski definition) is 19. The highest BCUT2D eigenvalue weighted by molar-refractivity contribution is 8.77. The van der Waals surface area contributed by atoms with Crippen molar-refractivity contribution in [2.24, 2.45) is 23.7 Å². The minimum absolute atomic E-state index is 0.0560. The fourth-order valence-corrected chi connectivity index (χ4v) is 19.6. The second-order valence-electron chi connectivity index (χ2n) is 24.7. The molecule has 11 nitrogen and oxygen atoms in total. The van der Waals surface area contributed by atoms with Gasteiger partial charge in [-0.25, -0.2) is 0 Å². The first kappa shape index (κ1) is 90.6. The van der Waals surface area contributed by atoms with Crippen LogP contribution >= 0.6 is 86.4 Å². The van der Waals surface area contributed by atoms with Gasteiger partial charge in [-0.05, 0) is 149 Å². The van der Waals surface area contributed by atoms with Crippen LogP contribution in [0.2, 0.25) is 0 Å². The van der Waals surface area contributed by atoms with Crippen molar-refractivity contribution in [3.05, 3.63) is 0 Å². The molecule has 0 fully saturated rings. The van der Waals surface area contributed by atoms with Gasteiger partial charge >= 0.3 is 23.9 Å². The molecule has 19 heteroatoms. The van der Waals surface area contributed by atoms with Crippen molar-refractivity contribution in [1.29, 1.82) is 0 Å². The largest absolute Gasteiger partial charge is 0.464 e. The number of carbonyl (C=O) groups is 4.